The maximum atomic E-state index is 12.3. The van der Waals surface area contributed by atoms with Crippen molar-refractivity contribution in [2.24, 2.45) is 0 Å². The number of anilines is 1. The molecule has 1 amide bonds. The van der Waals surface area contributed by atoms with Gasteiger partial charge < -0.3 is 15.6 Å². The van der Waals surface area contributed by atoms with Crippen LogP contribution in [0.3, 0.4) is 0 Å². The quantitative estimate of drug-likeness (QED) is 0.873. The monoisotopic (exact) mass is 258 g/mol. The first-order valence-corrected chi connectivity index (χ1v) is 6.13. The summed E-state index contributed by atoms with van der Waals surface area (Å²) in [7, 11) is 0. The lowest BCUT2D eigenvalue weighted by Gasteiger charge is -2.25. The van der Waals surface area contributed by atoms with Crippen molar-refractivity contribution in [3.63, 3.8) is 0 Å². The van der Waals surface area contributed by atoms with Crippen molar-refractivity contribution in [3.8, 4) is 0 Å². The predicted octanol–water partition coefficient (Wildman–Crippen LogP) is 1.52. The molecule has 0 atom stereocenters. The molecule has 0 unspecified atom stereocenters. The van der Waals surface area contributed by atoms with Crippen molar-refractivity contribution in [1.29, 1.82) is 0 Å². The van der Waals surface area contributed by atoms with Crippen LogP contribution in [-0.4, -0.2) is 15.5 Å². The van der Waals surface area contributed by atoms with Crippen LogP contribution in [0, 0.1) is 0 Å². The minimum atomic E-state index is -0.638. The molecule has 0 saturated carbocycles. The summed E-state index contributed by atoms with van der Waals surface area (Å²) in [5.74, 6) is 0.383. The number of hydrogen-bond donors (Lipinski definition) is 2. The van der Waals surface area contributed by atoms with E-state index in [9.17, 15) is 4.79 Å². The van der Waals surface area contributed by atoms with Crippen LogP contribution < -0.4 is 11.1 Å². The lowest BCUT2D eigenvalue weighted by molar-refractivity contribution is -0.128. The molecule has 5 nitrogen and oxygen atoms in total. The Bertz CT molecular complexity index is 561. The van der Waals surface area contributed by atoms with Crippen LogP contribution in [0.5, 0.6) is 0 Å². The molecule has 0 aliphatic rings. The SMILES string of the molecule is CC(C)(C(=O)NCc1cccnc1N)n1cccc1. The number of amides is 1. The molecule has 0 aliphatic heterocycles. The molecule has 0 radical (unpaired) electrons. The summed E-state index contributed by atoms with van der Waals surface area (Å²) in [5.41, 5.74) is 5.92. The number of hydrogen-bond acceptors (Lipinski definition) is 3. The second kappa shape index (κ2) is 5.14. The molecule has 0 bridgehead atoms. The number of carbonyl (C=O) groups is 1. The number of nitrogens with zero attached hydrogens (tertiary/aromatic N) is 2. The minimum Gasteiger partial charge on any atom is -0.383 e. The highest BCUT2D eigenvalue weighted by Crippen LogP contribution is 2.16. The van der Waals surface area contributed by atoms with Crippen LogP contribution >= 0.6 is 0 Å². The summed E-state index contributed by atoms with van der Waals surface area (Å²) >= 11 is 0. The van der Waals surface area contributed by atoms with Crippen LogP contribution in [0.1, 0.15) is 19.4 Å². The molecular formula is C14H18N4O. The van der Waals surface area contributed by atoms with E-state index in [0.717, 1.165) is 5.56 Å². The average molecular weight is 258 g/mol. The molecular weight excluding hydrogens is 240 g/mol. The van der Waals surface area contributed by atoms with Crippen LogP contribution in [0.4, 0.5) is 5.82 Å². The zero-order valence-corrected chi connectivity index (χ0v) is 11.1. The van der Waals surface area contributed by atoms with Gasteiger partial charge in [0, 0.05) is 30.7 Å². The fourth-order valence-electron chi connectivity index (χ4n) is 1.82. The standard InChI is InChI=1S/C14H18N4O/c1-14(2,18-8-3-4-9-18)13(19)17-10-11-6-5-7-16-12(11)15/h3-9H,10H2,1-2H3,(H2,15,16)(H,17,19). The summed E-state index contributed by atoms with van der Waals surface area (Å²) in [6, 6.07) is 7.45. The third kappa shape index (κ3) is 2.76. The number of nitrogen functional groups attached to an aromatic ring is 1. The Morgan fingerprint density at radius 3 is 2.68 bits per heavy atom. The smallest absolute Gasteiger partial charge is 0.245 e. The second-order valence-electron chi connectivity index (χ2n) is 4.88. The first-order valence-electron chi connectivity index (χ1n) is 6.13. The molecule has 2 aromatic rings. The lowest BCUT2D eigenvalue weighted by atomic mass is 10.0. The van der Waals surface area contributed by atoms with Crippen molar-refractivity contribution in [2.75, 3.05) is 5.73 Å². The highest BCUT2D eigenvalue weighted by molar-refractivity contribution is 5.83. The van der Waals surface area contributed by atoms with E-state index in [2.05, 4.69) is 10.3 Å². The fourth-order valence-corrected chi connectivity index (χ4v) is 1.82. The largest absolute Gasteiger partial charge is 0.383 e. The van der Waals surface area contributed by atoms with Crippen molar-refractivity contribution >= 4 is 11.7 Å². The molecule has 100 valence electrons. The Balaban J connectivity index is 2.04. The van der Waals surface area contributed by atoms with Gasteiger partial charge in [-0.25, -0.2) is 4.98 Å². The topological polar surface area (TPSA) is 72.9 Å². The van der Waals surface area contributed by atoms with E-state index in [1.54, 1.807) is 12.3 Å². The summed E-state index contributed by atoms with van der Waals surface area (Å²) in [5, 5.41) is 2.89. The average Bonchev–Trinajstić information content (AvgIpc) is 2.92. The van der Waals surface area contributed by atoms with Gasteiger partial charge in [-0.1, -0.05) is 6.07 Å². The number of rotatable bonds is 4. The third-order valence-corrected chi connectivity index (χ3v) is 3.17. The van der Waals surface area contributed by atoms with Crippen LogP contribution in [0.25, 0.3) is 0 Å². The number of pyridine rings is 1. The Morgan fingerprint density at radius 1 is 1.37 bits per heavy atom. The molecule has 2 aromatic heterocycles. The molecule has 0 aromatic carbocycles. The van der Waals surface area contributed by atoms with Crippen LogP contribution in [-0.2, 0) is 16.9 Å². The van der Waals surface area contributed by atoms with Gasteiger partial charge in [-0.2, -0.15) is 0 Å². The van der Waals surface area contributed by atoms with Gasteiger partial charge >= 0.3 is 0 Å². The Morgan fingerprint density at radius 2 is 2.05 bits per heavy atom. The Hall–Kier alpha value is -2.30. The van der Waals surface area contributed by atoms with E-state index < -0.39 is 5.54 Å². The van der Waals surface area contributed by atoms with Gasteiger partial charge in [0.25, 0.3) is 0 Å². The van der Waals surface area contributed by atoms with Gasteiger partial charge in [0.1, 0.15) is 11.4 Å². The summed E-state index contributed by atoms with van der Waals surface area (Å²) in [6.07, 6.45) is 5.38. The molecule has 0 saturated heterocycles. The summed E-state index contributed by atoms with van der Waals surface area (Å²) < 4.78 is 1.87. The molecule has 3 N–H and O–H groups in total. The number of nitrogens with one attached hydrogen (secondary N) is 1. The summed E-state index contributed by atoms with van der Waals surface area (Å²) in [6.45, 7) is 4.12. The third-order valence-electron chi connectivity index (χ3n) is 3.17. The first kappa shape index (κ1) is 13.1. The van der Waals surface area contributed by atoms with Crippen molar-refractivity contribution < 1.29 is 4.79 Å². The minimum absolute atomic E-state index is 0.0630. The number of carbonyl (C=O) groups excluding carboxylic acids is 1. The Kier molecular flexibility index (Phi) is 3.55. The van der Waals surface area contributed by atoms with E-state index in [4.69, 9.17) is 5.73 Å². The highest BCUT2D eigenvalue weighted by atomic mass is 16.2. The highest BCUT2D eigenvalue weighted by Gasteiger charge is 2.28. The van der Waals surface area contributed by atoms with Crippen LogP contribution in [0.2, 0.25) is 0 Å². The maximum Gasteiger partial charge on any atom is 0.245 e. The number of aromatic nitrogens is 2. The number of nitrogens with two attached hydrogens (primary N) is 1. The normalized spacial score (nSPS) is 11.3. The zero-order valence-electron chi connectivity index (χ0n) is 11.1. The van der Waals surface area contributed by atoms with Gasteiger partial charge in [-0.3, -0.25) is 4.79 Å². The van der Waals surface area contributed by atoms with E-state index in [0.29, 0.717) is 12.4 Å². The lowest BCUT2D eigenvalue weighted by Crippen LogP contribution is -2.43. The molecule has 0 spiro atoms. The molecule has 2 rings (SSSR count). The summed E-state index contributed by atoms with van der Waals surface area (Å²) in [4.78, 5) is 16.2. The van der Waals surface area contributed by atoms with E-state index in [1.165, 1.54) is 0 Å². The van der Waals surface area contributed by atoms with Gasteiger partial charge in [0.05, 0.1) is 0 Å². The van der Waals surface area contributed by atoms with E-state index >= 15 is 0 Å². The molecule has 0 aliphatic carbocycles. The van der Waals surface area contributed by atoms with E-state index in [1.807, 2.05) is 49.0 Å². The van der Waals surface area contributed by atoms with Gasteiger partial charge in [-0.15, -0.1) is 0 Å². The Labute approximate surface area is 112 Å². The van der Waals surface area contributed by atoms with Crippen molar-refractivity contribution in [3.05, 3.63) is 48.4 Å². The molecule has 5 heteroatoms. The van der Waals surface area contributed by atoms with Crippen LogP contribution in [0.15, 0.2) is 42.9 Å². The second-order valence-corrected chi connectivity index (χ2v) is 4.88. The van der Waals surface area contributed by atoms with Gasteiger partial charge in [-0.05, 0) is 32.0 Å². The fraction of sp³-hybridized carbons (Fsp3) is 0.286. The zero-order chi connectivity index (χ0) is 13.9. The predicted molar refractivity (Wildman–Crippen MR) is 74.3 cm³/mol. The molecule has 0 fully saturated rings. The van der Waals surface area contributed by atoms with Crippen molar-refractivity contribution in [2.45, 2.75) is 25.9 Å². The molecule has 19 heavy (non-hydrogen) atoms. The van der Waals surface area contributed by atoms with Gasteiger partial charge in [0.15, 0.2) is 0 Å². The van der Waals surface area contributed by atoms with E-state index in [-0.39, 0.29) is 5.91 Å². The maximum absolute atomic E-state index is 12.3. The molecule has 2 heterocycles. The van der Waals surface area contributed by atoms with Gasteiger partial charge in [0.2, 0.25) is 5.91 Å². The van der Waals surface area contributed by atoms with Crippen molar-refractivity contribution in [1.82, 2.24) is 14.9 Å². The first-order chi connectivity index (χ1) is 9.01.